The van der Waals surface area contributed by atoms with E-state index in [9.17, 15) is 36.8 Å². The summed E-state index contributed by atoms with van der Waals surface area (Å²) in [5, 5.41) is 32.7. The Morgan fingerprint density at radius 2 is 1.71 bits per heavy atom. The van der Waals surface area contributed by atoms with Crippen LogP contribution in [0.4, 0.5) is 22.7 Å². The van der Waals surface area contributed by atoms with E-state index in [0.29, 0.717) is 31.0 Å². The molecule has 0 saturated heterocycles. The molecular formula is C20H24LiN4NaO13S3. The van der Waals surface area contributed by atoms with Crippen molar-refractivity contribution in [1.82, 2.24) is 0 Å². The minimum absolute atomic E-state index is 0. The van der Waals surface area contributed by atoms with Crippen molar-refractivity contribution in [1.29, 1.82) is 0 Å². The smallest absolute Gasteiger partial charge is 0.726 e. The van der Waals surface area contributed by atoms with Crippen LogP contribution >= 0.6 is 12.3 Å². The van der Waals surface area contributed by atoms with E-state index < -0.39 is 37.5 Å². The van der Waals surface area contributed by atoms with Crippen LogP contribution in [0.15, 0.2) is 51.5 Å². The van der Waals surface area contributed by atoms with E-state index in [2.05, 4.69) is 23.8 Å². The fourth-order valence-electron chi connectivity index (χ4n) is 3.21. The number of nitrogens with zero attached hydrogens (tertiary/aromatic N) is 4. The SMILES string of the molecule is CCCN(CCOSOO[O-])c1cc([N+](=O)[O-])c(N=Nc2ccc(S(=O)(=O)CCOS(=O)(=O)[O-])cc2)cc1OC.[Li+].[Na+]. The molecule has 22 heteroatoms. The maximum Gasteiger partial charge on any atom is 1.00 e. The van der Waals surface area contributed by atoms with Crippen LogP contribution in [0.1, 0.15) is 13.3 Å². The monoisotopic (exact) mass is 654 g/mol. The summed E-state index contributed by atoms with van der Waals surface area (Å²) in [5.74, 6) is -0.501. The van der Waals surface area contributed by atoms with Crippen molar-refractivity contribution in [2.24, 2.45) is 10.2 Å². The first-order valence-electron chi connectivity index (χ1n) is 11.1. The molecule has 17 nitrogen and oxygen atoms in total. The van der Waals surface area contributed by atoms with Gasteiger partial charge in [-0.2, -0.15) is 5.11 Å². The van der Waals surface area contributed by atoms with Crippen molar-refractivity contribution >= 4 is 55.3 Å². The van der Waals surface area contributed by atoms with Crippen LogP contribution in [-0.2, 0) is 38.0 Å². The third-order valence-electron chi connectivity index (χ3n) is 4.90. The molecule has 2 aromatic rings. The Morgan fingerprint density at radius 1 is 1.05 bits per heavy atom. The molecule has 0 aromatic heterocycles. The van der Waals surface area contributed by atoms with Crippen molar-refractivity contribution in [3.63, 3.8) is 0 Å². The molecule has 0 N–H and O–H groups in total. The zero-order valence-corrected chi connectivity index (χ0v) is 27.5. The van der Waals surface area contributed by atoms with Gasteiger partial charge < -0.3 is 19.4 Å². The van der Waals surface area contributed by atoms with Gasteiger partial charge >= 0.3 is 48.4 Å². The first kappa shape index (κ1) is 40.6. The van der Waals surface area contributed by atoms with E-state index in [1.165, 1.54) is 43.5 Å². The molecule has 0 aliphatic carbocycles. The van der Waals surface area contributed by atoms with Gasteiger partial charge in [-0.25, -0.2) is 16.8 Å². The van der Waals surface area contributed by atoms with Crippen LogP contribution in [0, 0.1) is 10.1 Å². The van der Waals surface area contributed by atoms with E-state index >= 15 is 0 Å². The number of benzene rings is 2. The van der Waals surface area contributed by atoms with Crippen molar-refractivity contribution in [2.45, 2.75) is 18.2 Å². The summed E-state index contributed by atoms with van der Waals surface area (Å²) < 4.78 is 74.4. The van der Waals surface area contributed by atoms with Crippen molar-refractivity contribution in [3.05, 3.63) is 46.5 Å². The second kappa shape index (κ2) is 19.8. The van der Waals surface area contributed by atoms with Gasteiger partial charge in [-0.05, 0) is 30.7 Å². The van der Waals surface area contributed by atoms with Crippen LogP contribution in [0.5, 0.6) is 5.75 Å². The summed E-state index contributed by atoms with van der Waals surface area (Å²) >= 11 is 0.339. The van der Waals surface area contributed by atoms with Crippen molar-refractivity contribution < 1.29 is 102 Å². The molecule has 0 spiro atoms. The zero-order chi connectivity index (χ0) is 29.8. The number of nitro benzene ring substituents is 1. The van der Waals surface area contributed by atoms with Crippen molar-refractivity contribution in [3.8, 4) is 5.75 Å². The minimum atomic E-state index is -5.03. The number of rotatable bonds is 18. The molecule has 222 valence electrons. The average molecular weight is 655 g/mol. The van der Waals surface area contributed by atoms with Crippen LogP contribution < -0.4 is 63.3 Å². The largest absolute Gasteiger partial charge is 1.00 e. The van der Waals surface area contributed by atoms with E-state index in [0.717, 1.165) is 0 Å². The summed E-state index contributed by atoms with van der Waals surface area (Å²) in [6.07, 6.45) is 0.683. The Bertz CT molecular complexity index is 1380. The van der Waals surface area contributed by atoms with Gasteiger partial charge in [0.05, 0.1) is 47.3 Å². The molecule has 0 bridgehead atoms. The van der Waals surface area contributed by atoms with Gasteiger partial charge in [-0.3, -0.25) is 23.5 Å². The second-order valence-electron chi connectivity index (χ2n) is 7.53. The molecule has 2 rings (SSSR count). The number of anilines is 1. The van der Waals surface area contributed by atoms with Crippen molar-refractivity contribution in [2.75, 3.05) is 44.1 Å². The molecule has 0 amide bonds. The summed E-state index contributed by atoms with van der Waals surface area (Å²) in [6.45, 7) is 1.87. The van der Waals surface area contributed by atoms with Gasteiger partial charge in [0.1, 0.15) is 5.75 Å². The molecule has 0 saturated carbocycles. The topological polar surface area (TPSA) is 232 Å². The maximum absolute atomic E-state index is 12.3. The van der Waals surface area contributed by atoms with Crippen LogP contribution in [0.2, 0.25) is 0 Å². The standard InChI is InChI=1S/C20H26N4O13S3.Li.Na/c1-3-8-23(9-10-34-38-37-36-27)19-14-18(24(25)26)17(13-20(19)33-2)22-21-15-4-6-16(7-5-15)39(28,29)12-11-35-40(30,31)32;;/h4-7,13-14,27H,3,8-12H2,1-2H3,(H,30,31,32);;/q;2*+1/p-2. The maximum atomic E-state index is 12.3. The number of ether oxygens (including phenoxy) is 1. The Balaban J connectivity index is 0.00000840. The first-order valence-corrected chi connectivity index (χ1v) is 14.8. The summed E-state index contributed by atoms with van der Waals surface area (Å²) in [7, 11) is -7.63. The number of nitro groups is 1. The fourth-order valence-corrected chi connectivity index (χ4v) is 4.90. The second-order valence-corrected chi connectivity index (χ2v) is 11.2. The fraction of sp³-hybridized carbons (Fsp3) is 0.400. The summed E-state index contributed by atoms with van der Waals surface area (Å²) in [5.41, 5.74) is 0.0169. The Kier molecular flexibility index (Phi) is 19.2. The Morgan fingerprint density at radius 3 is 2.26 bits per heavy atom. The van der Waals surface area contributed by atoms with Gasteiger partial charge in [-0.15, -0.1) is 9.45 Å². The van der Waals surface area contributed by atoms with Crippen LogP contribution in [0.25, 0.3) is 0 Å². The number of hydrogen-bond donors (Lipinski definition) is 0. The first-order chi connectivity index (χ1) is 18.9. The van der Waals surface area contributed by atoms with E-state index in [-0.39, 0.29) is 89.3 Å². The van der Waals surface area contributed by atoms with Crippen LogP contribution in [0.3, 0.4) is 0 Å². The molecule has 0 atom stereocenters. The quantitative estimate of drug-likeness (QED) is 0.0173. The molecule has 0 fully saturated rings. The molecule has 0 aliphatic heterocycles. The molecule has 0 radical (unpaired) electrons. The van der Waals surface area contributed by atoms with Gasteiger partial charge in [-0.1, -0.05) is 6.92 Å². The average Bonchev–Trinajstić information content (AvgIpc) is 2.90. The molecule has 0 unspecified atom stereocenters. The number of hydrogen-bond acceptors (Lipinski definition) is 17. The van der Waals surface area contributed by atoms with Gasteiger partial charge in [0.25, 0.3) is 5.69 Å². The normalized spacial score (nSPS) is 11.5. The third kappa shape index (κ3) is 13.5. The van der Waals surface area contributed by atoms with E-state index in [1.807, 2.05) is 6.92 Å². The van der Waals surface area contributed by atoms with Gasteiger partial charge in [0.2, 0.25) is 10.4 Å². The number of azo groups is 1. The van der Waals surface area contributed by atoms with E-state index in [4.69, 9.17) is 8.92 Å². The van der Waals surface area contributed by atoms with Gasteiger partial charge in [0.15, 0.2) is 27.8 Å². The van der Waals surface area contributed by atoms with Gasteiger partial charge in [0, 0.05) is 25.2 Å². The molecular weight excluding hydrogens is 630 g/mol. The molecule has 42 heavy (non-hydrogen) atoms. The minimum Gasteiger partial charge on any atom is -0.726 e. The predicted molar refractivity (Wildman–Crippen MR) is 136 cm³/mol. The zero-order valence-electron chi connectivity index (χ0n) is 23.0. The predicted octanol–water partition coefficient (Wildman–Crippen LogP) is -3.70. The van der Waals surface area contributed by atoms with E-state index in [1.54, 1.807) is 4.90 Å². The summed E-state index contributed by atoms with van der Waals surface area (Å²) in [6, 6.07) is 7.50. The Labute approximate surface area is 280 Å². The number of sulfone groups is 1. The third-order valence-corrected chi connectivity index (χ3v) is 7.43. The Hall–Kier alpha value is -1.35. The molecule has 0 aliphatic rings. The molecule has 2 aromatic carbocycles. The molecule has 0 heterocycles. The number of methoxy groups -OCH3 is 1. The summed E-state index contributed by atoms with van der Waals surface area (Å²) in [4.78, 5) is 12.7. The van der Waals surface area contributed by atoms with Crippen LogP contribution in [-0.4, -0.2) is 65.5 Å².